The highest BCUT2D eigenvalue weighted by Gasteiger charge is 2.15. The highest BCUT2D eigenvalue weighted by atomic mass is 16.7. The third-order valence-electron chi connectivity index (χ3n) is 2.11. The Morgan fingerprint density at radius 3 is 2.07 bits per heavy atom. The molecule has 0 saturated heterocycles. The topological polar surface area (TPSA) is 39.7 Å². The Morgan fingerprint density at radius 2 is 1.64 bits per heavy atom. The third kappa shape index (κ3) is 5.54. The number of ether oxygens (including phenoxy) is 3. The summed E-state index contributed by atoms with van der Waals surface area (Å²) in [5.74, 6) is 0.497. The van der Waals surface area contributed by atoms with Crippen LogP contribution in [0.1, 0.15) is 13.8 Å². The summed E-state index contributed by atoms with van der Waals surface area (Å²) in [7, 11) is 5.00. The van der Waals surface area contributed by atoms with Gasteiger partial charge in [0.15, 0.2) is 6.29 Å². The van der Waals surface area contributed by atoms with Crippen LogP contribution in [0.15, 0.2) is 0 Å². The lowest BCUT2D eigenvalue weighted by molar-refractivity contribution is -0.119. The second-order valence-corrected chi connectivity index (χ2v) is 3.60. The van der Waals surface area contributed by atoms with Gasteiger partial charge in [0.2, 0.25) is 0 Å². The van der Waals surface area contributed by atoms with Crippen molar-refractivity contribution >= 4 is 0 Å². The van der Waals surface area contributed by atoms with E-state index >= 15 is 0 Å². The van der Waals surface area contributed by atoms with Crippen LogP contribution in [0.3, 0.4) is 0 Å². The van der Waals surface area contributed by atoms with E-state index in [1.807, 2.05) is 6.92 Å². The fraction of sp³-hybridized carbons (Fsp3) is 1.00. The molecule has 0 aliphatic carbocycles. The van der Waals surface area contributed by atoms with Gasteiger partial charge in [-0.25, -0.2) is 0 Å². The summed E-state index contributed by atoms with van der Waals surface area (Å²) in [6.45, 7) is 5.84. The molecule has 4 heteroatoms. The second kappa shape index (κ2) is 8.17. The highest BCUT2D eigenvalue weighted by molar-refractivity contribution is 4.66. The monoisotopic (exact) mass is 205 g/mol. The minimum absolute atomic E-state index is 0.185. The van der Waals surface area contributed by atoms with E-state index in [-0.39, 0.29) is 12.3 Å². The van der Waals surface area contributed by atoms with Crippen LogP contribution in [0.25, 0.3) is 0 Å². The summed E-state index contributed by atoms with van der Waals surface area (Å²) in [5, 5.41) is 3.34. The van der Waals surface area contributed by atoms with Crippen LogP contribution < -0.4 is 5.32 Å². The number of methoxy groups -OCH3 is 3. The summed E-state index contributed by atoms with van der Waals surface area (Å²) in [6, 6.07) is 0.185. The molecule has 0 rings (SSSR count). The molecule has 0 aromatic rings. The van der Waals surface area contributed by atoms with E-state index in [2.05, 4.69) is 12.2 Å². The zero-order valence-electron chi connectivity index (χ0n) is 9.87. The fourth-order valence-electron chi connectivity index (χ4n) is 1.33. The van der Waals surface area contributed by atoms with Crippen molar-refractivity contribution in [2.45, 2.75) is 26.2 Å². The summed E-state index contributed by atoms with van der Waals surface area (Å²) < 4.78 is 15.3. The molecule has 2 atom stereocenters. The predicted octanol–water partition coefficient (Wildman–Crippen LogP) is 0.866. The molecular formula is C10H23NO3. The molecule has 0 heterocycles. The molecule has 86 valence electrons. The zero-order valence-corrected chi connectivity index (χ0v) is 9.87. The maximum atomic E-state index is 5.14. The minimum Gasteiger partial charge on any atom is -0.384 e. The normalized spacial score (nSPS) is 15.9. The van der Waals surface area contributed by atoms with Crippen molar-refractivity contribution < 1.29 is 14.2 Å². The van der Waals surface area contributed by atoms with Crippen LogP contribution in [0.4, 0.5) is 0 Å². The minimum atomic E-state index is -0.190. The lowest BCUT2D eigenvalue weighted by Crippen LogP contribution is -2.42. The number of hydrogen-bond acceptors (Lipinski definition) is 4. The van der Waals surface area contributed by atoms with Crippen molar-refractivity contribution in [2.75, 3.05) is 34.5 Å². The molecule has 0 aliphatic heterocycles. The maximum Gasteiger partial charge on any atom is 0.171 e. The predicted molar refractivity (Wildman–Crippen MR) is 56.3 cm³/mol. The van der Waals surface area contributed by atoms with Crippen LogP contribution in [-0.4, -0.2) is 46.8 Å². The summed E-state index contributed by atoms with van der Waals surface area (Å²) in [5.41, 5.74) is 0. The number of hydrogen-bond donors (Lipinski definition) is 1. The van der Waals surface area contributed by atoms with E-state index in [1.165, 1.54) is 0 Å². The molecule has 0 bridgehead atoms. The molecule has 14 heavy (non-hydrogen) atoms. The molecule has 0 aromatic carbocycles. The van der Waals surface area contributed by atoms with Gasteiger partial charge in [0.25, 0.3) is 0 Å². The van der Waals surface area contributed by atoms with E-state index in [4.69, 9.17) is 14.2 Å². The molecule has 0 aromatic heterocycles. The van der Waals surface area contributed by atoms with Gasteiger partial charge in [0.1, 0.15) is 0 Å². The summed E-state index contributed by atoms with van der Waals surface area (Å²) in [6.07, 6.45) is -0.190. The Balaban J connectivity index is 3.65. The molecule has 2 unspecified atom stereocenters. The number of rotatable bonds is 8. The molecule has 0 spiro atoms. The molecule has 0 saturated carbocycles. The quantitative estimate of drug-likeness (QED) is 0.597. The standard InChI is InChI=1S/C10H23NO3/c1-8(7-12-3)6-11-9(2)10(13-4)14-5/h8-11H,6-7H2,1-5H3. The van der Waals surface area contributed by atoms with Gasteiger partial charge in [-0.1, -0.05) is 6.92 Å². The molecule has 0 fully saturated rings. The van der Waals surface area contributed by atoms with Crippen LogP contribution in [-0.2, 0) is 14.2 Å². The van der Waals surface area contributed by atoms with E-state index < -0.39 is 0 Å². The van der Waals surface area contributed by atoms with Crippen molar-refractivity contribution in [2.24, 2.45) is 5.92 Å². The summed E-state index contributed by atoms with van der Waals surface area (Å²) >= 11 is 0. The first kappa shape index (κ1) is 13.8. The first-order valence-corrected chi connectivity index (χ1v) is 4.93. The Hall–Kier alpha value is -0.160. The van der Waals surface area contributed by atoms with Crippen molar-refractivity contribution in [3.63, 3.8) is 0 Å². The molecular weight excluding hydrogens is 182 g/mol. The van der Waals surface area contributed by atoms with Crippen molar-refractivity contribution in [1.82, 2.24) is 5.32 Å². The van der Waals surface area contributed by atoms with Crippen molar-refractivity contribution in [3.05, 3.63) is 0 Å². The van der Waals surface area contributed by atoms with Gasteiger partial charge < -0.3 is 19.5 Å². The smallest absolute Gasteiger partial charge is 0.171 e. The maximum absolute atomic E-state index is 5.14. The van der Waals surface area contributed by atoms with Gasteiger partial charge >= 0.3 is 0 Å². The van der Waals surface area contributed by atoms with E-state index in [9.17, 15) is 0 Å². The molecule has 0 amide bonds. The first-order chi connectivity index (χ1) is 6.65. The Morgan fingerprint density at radius 1 is 1.07 bits per heavy atom. The fourth-order valence-corrected chi connectivity index (χ4v) is 1.33. The molecule has 1 N–H and O–H groups in total. The zero-order chi connectivity index (χ0) is 11.0. The van der Waals surface area contributed by atoms with Gasteiger partial charge in [-0.15, -0.1) is 0 Å². The molecule has 0 radical (unpaired) electrons. The van der Waals surface area contributed by atoms with Gasteiger partial charge in [-0.3, -0.25) is 0 Å². The largest absolute Gasteiger partial charge is 0.384 e. The summed E-state index contributed by atoms with van der Waals surface area (Å²) in [4.78, 5) is 0. The molecule has 0 aliphatic rings. The average Bonchev–Trinajstić information content (AvgIpc) is 2.17. The Labute approximate surface area is 86.9 Å². The van der Waals surface area contributed by atoms with Gasteiger partial charge in [0, 0.05) is 34.5 Å². The second-order valence-electron chi connectivity index (χ2n) is 3.60. The van der Waals surface area contributed by atoms with Crippen LogP contribution >= 0.6 is 0 Å². The highest BCUT2D eigenvalue weighted by Crippen LogP contribution is 2.00. The SMILES string of the molecule is COCC(C)CNC(C)C(OC)OC. The van der Waals surface area contributed by atoms with E-state index in [0.29, 0.717) is 5.92 Å². The van der Waals surface area contributed by atoms with Crippen molar-refractivity contribution in [3.8, 4) is 0 Å². The Bertz CT molecular complexity index is 129. The van der Waals surface area contributed by atoms with Crippen LogP contribution in [0.5, 0.6) is 0 Å². The van der Waals surface area contributed by atoms with E-state index in [0.717, 1.165) is 13.2 Å². The van der Waals surface area contributed by atoms with Gasteiger partial charge in [-0.2, -0.15) is 0 Å². The van der Waals surface area contributed by atoms with Gasteiger partial charge in [0.05, 0.1) is 6.04 Å². The Kier molecular flexibility index (Phi) is 8.08. The molecule has 4 nitrogen and oxygen atoms in total. The number of nitrogens with one attached hydrogen (secondary N) is 1. The van der Waals surface area contributed by atoms with Crippen LogP contribution in [0, 0.1) is 5.92 Å². The van der Waals surface area contributed by atoms with Crippen molar-refractivity contribution in [1.29, 1.82) is 0 Å². The third-order valence-corrected chi connectivity index (χ3v) is 2.11. The first-order valence-electron chi connectivity index (χ1n) is 4.93. The van der Waals surface area contributed by atoms with Gasteiger partial charge in [-0.05, 0) is 12.8 Å². The van der Waals surface area contributed by atoms with Crippen LogP contribution in [0.2, 0.25) is 0 Å². The van der Waals surface area contributed by atoms with E-state index in [1.54, 1.807) is 21.3 Å². The average molecular weight is 205 g/mol. The lowest BCUT2D eigenvalue weighted by Gasteiger charge is -2.23. The lowest BCUT2D eigenvalue weighted by atomic mass is 10.2.